The fourth-order valence-corrected chi connectivity index (χ4v) is 2.56. The lowest BCUT2D eigenvalue weighted by molar-refractivity contribution is 0.208. The van der Waals surface area contributed by atoms with Crippen LogP contribution in [-0.4, -0.2) is 26.4 Å². The predicted molar refractivity (Wildman–Crippen MR) is 97.5 cm³/mol. The van der Waals surface area contributed by atoms with Crippen LogP contribution < -0.4 is 19.9 Å². The molecule has 2 N–H and O–H groups in total. The molecule has 0 aliphatic heterocycles. The highest BCUT2D eigenvalue weighted by atomic mass is 35.5. The first-order valence-corrected chi connectivity index (χ1v) is 8.49. The maximum absolute atomic E-state index is 6.33. The smallest absolute Gasteiger partial charge is 0.179 e. The van der Waals surface area contributed by atoms with Crippen molar-refractivity contribution in [2.45, 2.75) is 20.3 Å². The maximum atomic E-state index is 6.33. The minimum absolute atomic E-state index is 0.379. The third-order valence-electron chi connectivity index (χ3n) is 3.42. The van der Waals surface area contributed by atoms with Gasteiger partial charge in [-0.3, -0.25) is 0 Å². The van der Waals surface area contributed by atoms with Gasteiger partial charge in [-0.15, -0.1) is 0 Å². The van der Waals surface area contributed by atoms with Gasteiger partial charge < -0.3 is 19.9 Å². The lowest BCUT2D eigenvalue weighted by Gasteiger charge is -2.15. The molecule has 0 aromatic heterocycles. The molecule has 0 aliphatic carbocycles. The van der Waals surface area contributed by atoms with Crippen LogP contribution in [0, 0.1) is 6.92 Å². The van der Waals surface area contributed by atoms with Crippen molar-refractivity contribution in [1.29, 1.82) is 0 Å². The fraction of sp³-hybridized carbons (Fsp3) is 0.368. The van der Waals surface area contributed by atoms with Crippen LogP contribution >= 0.6 is 11.6 Å². The van der Waals surface area contributed by atoms with E-state index >= 15 is 0 Å². The zero-order chi connectivity index (χ0) is 17.4. The molecule has 0 atom stereocenters. The fourth-order valence-electron chi connectivity index (χ4n) is 2.27. The highest BCUT2D eigenvalue weighted by Gasteiger charge is 2.12. The van der Waals surface area contributed by atoms with Crippen LogP contribution in [0.25, 0.3) is 0 Å². The third-order valence-corrected chi connectivity index (χ3v) is 3.70. The van der Waals surface area contributed by atoms with Crippen molar-refractivity contribution in [1.82, 2.24) is 0 Å². The summed E-state index contributed by atoms with van der Waals surface area (Å²) in [4.78, 5) is 0. The molecule has 0 heterocycles. The molecule has 0 aliphatic rings. The standard InChI is InChI=1S/C19H24ClNO3/c1-3-22-18-13-15(8-9-21)12-17(20)19(18)24-11-10-23-16-6-4-14(2)5-7-16/h4-7,12-13H,3,8-11,21H2,1-2H3. The quantitative estimate of drug-likeness (QED) is 0.695. The predicted octanol–water partition coefficient (Wildman–Crippen LogP) is 4.01. The van der Waals surface area contributed by atoms with E-state index in [1.807, 2.05) is 50.2 Å². The summed E-state index contributed by atoms with van der Waals surface area (Å²) in [5, 5.41) is 0.528. The van der Waals surface area contributed by atoms with Gasteiger partial charge in [0.05, 0.1) is 11.6 Å². The SMILES string of the molecule is CCOc1cc(CCN)cc(Cl)c1OCCOc1ccc(C)cc1. The Morgan fingerprint density at radius 3 is 2.38 bits per heavy atom. The Kier molecular flexibility index (Phi) is 7.22. The molecule has 24 heavy (non-hydrogen) atoms. The van der Waals surface area contributed by atoms with E-state index in [0.29, 0.717) is 42.9 Å². The summed E-state index contributed by atoms with van der Waals surface area (Å²) in [6.07, 6.45) is 0.747. The van der Waals surface area contributed by atoms with Gasteiger partial charge in [0.2, 0.25) is 0 Å². The molecule has 2 rings (SSSR count). The second-order valence-corrected chi connectivity index (χ2v) is 5.79. The summed E-state index contributed by atoms with van der Waals surface area (Å²) >= 11 is 6.33. The monoisotopic (exact) mass is 349 g/mol. The molecule has 0 amide bonds. The Morgan fingerprint density at radius 2 is 1.71 bits per heavy atom. The summed E-state index contributed by atoms with van der Waals surface area (Å²) in [6, 6.07) is 11.7. The Morgan fingerprint density at radius 1 is 1.00 bits per heavy atom. The Bertz CT molecular complexity index is 644. The molecule has 0 unspecified atom stereocenters. The maximum Gasteiger partial charge on any atom is 0.179 e. The minimum atomic E-state index is 0.379. The Hall–Kier alpha value is -1.91. The Balaban J connectivity index is 1.96. The topological polar surface area (TPSA) is 53.7 Å². The summed E-state index contributed by atoms with van der Waals surface area (Å²) < 4.78 is 17.1. The van der Waals surface area contributed by atoms with Gasteiger partial charge in [-0.1, -0.05) is 29.3 Å². The minimum Gasteiger partial charge on any atom is -0.490 e. The van der Waals surface area contributed by atoms with Crippen molar-refractivity contribution < 1.29 is 14.2 Å². The molecule has 2 aromatic carbocycles. The lowest BCUT2D eigenvalue weighted by Crippen LogP contribution is -2.11. The van der Waals surface area contributed by atoms with Gasteiger partial charge >= 0.3 is 0 Å². The second kappa shape index (κ2) is 9.40. The molecule has 130 valence electrons. The third kappa shape index (κ3) is 5.32. The van der Waals surface area contributed by atoms with E-state index < -0.39 is 0 Å². The van der Waals surface area contributed by atoms with Crippen LogP contribution in [0.3, 0.4) is 0 Å². The van der Waals surface area contributed by atoms with E-state index in [4.69, 9.17) is 31.5 Å². The molecular weight excluding hydrogens is 326 g/mol. The largest absolute Gasteiger partial charge is 0.490 e. The molecular formula is C19H24ClNO3. The molecule has 0 spiro atoms. The van der Waals surface area contributed by atoms with E-state index in [0.717, 1.165) is 17.7 Å². The molecule has 0 fully saturated rings. The first kappa shape index (κ1) is 18.4. The van der Waals surface area contributed by atoms with E-state index in [1.54, 1.807) is 0 Å². The molecule has 0 saturated heterocycles. The summed E-state index contributed by atoms with van der Waals surface area (Å²) in [6.45, 7) is 5.87. The zero-order valence-electron chi connectivity index (χ0n) is 14.2. The van der Waals surface area contributed by atoms with Gasteiger partial charge in [0.1, 0.15) is 19.0 Å². The summed E-state index contributed by atoms with van der Waals surface area (Å²) in [7, 11) is 0. The van der Waals surface area contributed by atoms with Crippen LogP contribution in [0.5, 0.6) is 17.2 Å². The van der Waals surface area contributed by atoms with E-state index in [2.05, 4.69) is 0 Å². The normalized spacial score (nSPS) is 10.5. The van der Waals surface area contributed by atoms with Gasteiger partial charge in [0.15, 0.2) is 11.5 Å². The van der Waals surface area contributed by atoms with Crippen molar-refractivity contribution in [3.05, 3.63) is 52.5 Å². The molecule has 2 aromatic rings. The van der Waals surface area contributed by atoms with E-state index in [9.17, 15) is 0 Å². The molecule has 0 saturated carbocycles. The number of benzene rings is 2. The lowest BCUT2D eigenvalue weighted by atomic mass is 10.1. The van der Waals surface area contributed by atoms with Crippen molar-refractivity contribution in [3.63, 3.8) is 0 Å². The van der Waals surface area contributed by atoms with Crippen LogP contribution in [0.1, 0.15) is 18.1 Å². The van der Waals surface area contributed by atoms with Crippen LogP contribution in [-0.2, 0) is 6.42 Å². The molecule has 5 heteroatoms. The van der Waals surface area contributed by atoms with Crippen LogP contribution in [0.2, 0.25) is 5.02 Å². The molecule has 0 bridgehead atoms. The highest BCUT2D eigenvalue weighted by molar-refractivity contribution is 6.32. The second-order valence-electron chi connectivity index (χ2n) is 5.39. The van der Waals surface area contributed by atoms with Crippen molar-refractivity contribution in [2.75, 3.05) is 26.4 Å². The molecule has 4 nitrogen and oxygen atoms in total. The van der Waals surface area contributed by atoms with Crippen LogP contribution in [0.15, 0.2) is 36.4 Å². The Labute approximate surface area is 148 Å². The number of hydrogen-bond acceptors (Lipinski definition) is 4. The first-order valence-electron chi connectivity index (χ1n) is 8.11. The van der Waals surface area contributed by atoms with Crippen molar-refractivity contribution >= 4 is 11.6 Å². The van der Waals surface area contributed by atoms with Crippen molar-refractivity contribution in [2.24, 2.45) is 5.73 Å². The van der Waals surface area contributed by atoms with E-state index in [1.165, 1.54) is 5.56 Å². The van der Waals surface area contributed by atoms with Gasteiger partial charge in [-0.2, -0.15) is 0 Å². The number of ether oxygens (including phenoxy) is 3. The summed E-state index contributed by atoms with van der Waals surface area (Å²) in [5.74, 6) is 2.01. The number of rotatable bonds is 9. The molecule has 0 radical (unpaired) electrons. The van der Waals surface area contributed by atoms with Gasteiger partial charge in [-0.05, 0) is 56.6 Å². The first-order chi connectivity index (χ1) is 11.6. The van der Waals surface area contributed by atoms with Gasteiger partial charge in [0, 0.05) is 0 Å². The number of halogens is 1. The zero-order valence-corrected chi connectivity index (χ0v) is 14.9. The van der Waals surface area contributed by atoms with Crippen LogP contribution in [0.4, 0.5) is 0 Å². The summed E-state index contributed by atoms with van der Waals surface area (Å²) in [5.41, 5.74) is 7.84. The van der Waals surface area contributed by atoms with Gasteiger partial charge in [0.25, 0.3) is 0 Å². The number of nitrogens with two attached hydrogens (primary N) is 1. The number of aryl methyl sites for hydroxylation is 1. The average molecular weight is 350 g/mol. The van der Waals surface area contributed by atoms with E-state index in [-0.39, 0.29) is 0 Å². The number of hydrogen-bond donors (Lipinski definition) is 1. The van der Waals surface area contributed by atoms with Crippen molar-refractivity contribution in [3.8, 4) is 17.2 Å². The van der Waals surface area contributed by atoms with Gasteiger partial charge in [-0.25, -0.2) is 0 Å². The average Bonchev–Trinajstić information content (AvgIpc) is 2.55. The highest BCUT2D eigenvalue weighted by Crippen LogP contribution is 2.36.